The van der Waals surface area contributed by atoms with Crippen molar-refractivity contribution in [3.8, 4) is 22.4 Å². The molecule has 1 aromatic carbocycles. The molecule has 0 aliphatic carbocycles. The first-order chi connectivity index (χ1) is 10.2. The number of nitrogens with zero attached hydrogens (tertiary/aromatic N) is 3. The molecule has 0 atom stereocenters. The average molecular weight is 281 g/mol. The van der Waals surface area contributed by atoms with E-state index in [9.17, 15) is 10.1 Å². The predicted octanol–water partition coefficient (Wildman–Crippen LogP) is 2.63. The van der Waals surface area contributed by atoms with E-state index in [0.29, 0.717) is 11.5 Å². The summed E-state index contributed by atoms with van der Waals surface area (Å²) in [5.41, 5.74) is 8.98. The first-order valence-corrected chi connectivity index (χ1v) is 6.16. The van der Waals surface area contributed by atoms with Gasteiger partial charge >= 0.3 is 0 Å². The molecule has 3 aromatic rings. The lowest BCUT2D eigenvalue weighted by Crippen LogP contribution is -1.90. The molecule has 0 saturated heterocycles. The van der Waals surface area contributed by atoms with Crippen molar-refractivity contribution in [3.63, 3.8) is 0 Å². The van der Waals surface area contributed by atoms with Crippen LogP contribution < -0.4 is 5.73 Å². The number of hydrogen-bond donors (Lipinski definition) is 2. The van der Waals surface area contributed by atoms with Crippen LogP contribution in [0.1, 0.15) is 0 Å². The Bertz CT molecular complexity index is 781. The van der Waals surface area contributed by atoms with Crippen LogP contribution in [-0.2, 0) is 0 Å². The number of hydrogen-bond acceptors (Lipinski definition) is 5. The summed E-state index contributed by atoms with van der Waals surface area (Å²) in [4.78, 5) is 14.3. The molecule has 0 radical (unpaired) electrons. The Kier molecular flexibility index (Phi) is 3.07. The second-order valence-electron chi connectivity index (χ2n) is 4.40. The Morgan fingerprint density at radius 2 is 1.90 bits per heavy atom. The van der Waals surface area contributed by atoms with E-state index in [-0.39, 0.29) is 5.69 Å². The Morgan fingerprint density at radius 3 is 2.52 bits per heavy atom. The molecule has 0 amide bonds. The number of aromatic nitrogens is 3. The highest BCUT2D eigenvalue weighted by atomic mass is 16.6. The molecular formula is C14H11N5O2. The molecule has 0 bridgehead atoms. The first kappa shape index (κ1) is 12.8. The second-order valence-corrected chi connectivity index (χ2v) is 4.40. The van der Waals surface area contributed by atoms with Crippen molar-refractivity contribution in [2.24, 2.45) is 0 Å². The number of H-pyrrole nitrogens is 1. The molecule has 2 aromatic heterocycles. The molecule has 21 heavy (non-hydrogen) atoms. The third-order valence-corrected chi connectivity index (χ3v) is 3.11. The molecule has 0 aliphatic heterocycles. The predicted molar refractivity (Wildman–Crippen MR) is 78.3 cm³/mol. The van der Waals surface area contributed by atoms with Gasteiger partial charge in [-0.1, -0.05) is 6.07 Å². The van der Waals surface area contributed by atoms with Crippen molar-refractivity contribution in [3.05, 3.63) is 58.9 Å². The summed E-state index contributed by atoms with van der Waals surface area (Å²) >= 11 is 0. The lowest BCUT2D eigenvalue weighted by molar-refractivity contribution is -0.384. The van der Waals surface area contributed by atoms with Crippen LogP contribution in [0.2, 0.25) is 0 Å². The molecule has 0 saturated carbocycles. The Morgan fingerprint density at radius 1 is 1.14 bits per heavy atom. The van der Waals surface area contributed by atoms with Crippen LogP contribution in [0.5, 0.6) is 0 Å². The van der Waals surface area contributed by atoms with E-state index < -0.39 is 4.92 Å². The fourth-order valence-corrected chi connectivity index (χ4v) is 2.12. The zero-order valence-electron chi connectivity index (χ0n) is 10.9. The van der Waals surface area contributed by atoms with Crippen LogP contribution in [0.25, 0.3) is 22.4 Å². The number of non-ortho nitro benzene ring substituents is 1. The summed E-state index contributed by atoms with van der Waals surface area (Å²) in [5.74, 6) is 0.358. The van der Waals surface area contributed by atoms with Crippen molar-refractivity contribution in [1.82, 2.24) is 15.2 Å². The Balaban J connectivity index is 2.10. The van der Waals surface area contributed by atoms with Gasteiger partial charge in [-0.25, -0.2) is 0 Å². The number of benzene rings is 1. The van der Waals surface area contributed by atoms with Crippen molar-refractivity contribution >= 4 is 11.5 Å². The third-order valence-electron chi connectivity index (χ3n) is 3.11. The van der Waals surface area contributed by atoms with Crippen LogP contribution in [0.3, 0.4) is 0 Å². The largest absolute Gasteiger partial charge is 0.382 e. The van der Waals surface area contributed by atoms with Gasteiger partial charge in [0.15, 0.2) is 5.82 Å². The third kappa shape index (κ3) is 2.32. The minimum Gasteiger partial charge on any atom is -0.382 e. The van der Waals surface area contributed by atoms with Crippen LogP contribution >= 0.6 is 0 Å². The van der Waals surface area contributed by atoms with Crippen LogP contribution in [0.15, 0.2) is 48.8 Å². The van der Waals surface area contributed by atoms with Gasteiger partial charge in [0.25, 0.3) is 5.69 Å². The fourth-order valence-electron chi connectivity index (χ4n) is 2.12. The lowest BCUT2D eigenvalue weighted by atomic mass is 10.0. The monoisotopic (exact) mass is 281 g/mol. The highest BCUT2D eigenvalue weighted by Gasteiger charge is 2.15. The molecule has 3 N–H and O–H groups in total. The van der Waals surface area contributed by atoms with Gasteiger partial charge in [0.1, 0.15) is 0 Å². The topological polar surface area (TPSA) is 111 Å². The minimum atomic E-state index is -0.437. The number of aromatic amines is 1. The number of anilines is 1. The molecule has 3 rings (SSSR count). The van der Waals surface area contributed by atoms with E-state index in [1.807, 2.05) is 6.07 Å². The summed E-state index contributed by atoms with van der Waals surface area (Å²) in [5, 5.41) is 17.6. The molecule has 2 heterocycles. The van der Waals surface area contributed by atoms with Gasteiger partial charge in [0.2, 0.25) is 0 Å². The maximum Gasteiger partial charge on any atom is 0.269 e. The highest BCUT2D eigenvalue weighted by molar-refractivity contribution is 5.87. The minimum absolute atomic E-state index is 0.0363. The molecule has 7 nitrogen and oxygen atoms in total. The molecule has 104 valence electrons. The first-order valence-electron chi connectivity index (χ1n) is 6.16. The van der Waals surface area contributed by atoms with Crippen LogP contribution in [0.4, 0.5) is 11.5 Å². The highest BCUT2D eigenvalue weighted by Crippen LogP contribution is 2.34. The SMILES string of the molecule is Nc1n[nH]c(-c2ccc([N+](=O)[O-])cc2)c1-c1cccnc1. The van der Waals surface area contributed by atoms with Gasteiger partial charge in [-0.05, 0) is 18.2 Å². The quantitative estimate of drug-likeness (QED) is 0.566. The van der Waals surface area contributed by atoms with E-state index in [0.717, 1.165) is 16.7 Å². The van der Waals surface area contributed by atoms with Crippen molar-refractivity contribution in [2.75, 3.05) is 5.73 Å². The van der Waals surface area contributed by atoms with Crippen LogP contribution in [-0.4, -0.2) is 20.1 Å². The normalized spacial score (nSPS) is 10.5. The number of rotatable bonds is 3. The summed E-state index contributed by atoms with van der Waals surface area (Å²) < 4.78 is 0. The molecule has 0 fully saturated rings. The fraction of sp³-hybridized carbons (Fsp3) is 0. The van der Waals surface area contributed by atoms with Crippen LogP contribution in [0, 0.1) is 10.1 Å². The number of nitrogens with two attached hydrogens (primary N) is 1. The number of nitrogen functional groups attached to an aromatic ring is 1. The van der Waals surface area contributed by atoms with Crippen molar-refractivity contribution in [2.45, 2.75) is 0 Å². The second kappa shape index (κ2) is 5.04. The van der Waals surface area contributed by atoms with E-state index >= 15 is 0 Å². The summed E-state index contributed by atoms with van der Waals surface area (Å²) in [6.07, 6.45) is 3.36. The average Bonchev–Trinajstić information content (AvgIpc) is 2.90. The maximum absolute atomic E-state index is 10.7. The molecule has 0 unspecified atom stereocenters. The number of nitro benzene ring substituents is 1. The number of nitro groups is 1. The maximum atomic E-state index is 10.7. The number of nitrogens with one attached hydrogen (secondary N) is 1. The summed E-state index contributed by atoms with van der Waals surface area (Å²) in [7, 11) is 0. The Labute approximate surface area is 119 Å². The molecule has 0 spiro atoms. The molecular weight excluding hydrogens is 270 g/mol. The van der Waals surface area contributed by atoms with E-state index in [2.05, 4.69) is 15.2 Å². The smallest absolute Gasteiger partial charge is 0.269 e. The van der Waals surface area contributed by atoms with E-state index in [4.69, 9.17) is 5.73 Å². The van der Waals surface area contributed by atoms with Gasteiger partial charge in [0.05, 0.1) is 16.2 Å². The van der Waals surface area contributed by atoms with Gasteiger partial charge in [-0.2, -0.15) is 5.10 Å². The lowest BCUT2D eigenvalue weighted by Gasteiger charge is -2.04. The van der Waals surface area contributed by atoms with Gasteiger partial charge in [-0.15, -0.1) is 0 Å². The summed E-state index contributed by atoms with van der Waals surface area (Å²) in [6, 6.07) is 9.89. The molecule has 0 aliphatic rings. The van der Waals surface area contributed by atoms with E-state index in [1.165, 1.54) is 12.1 Å². The molecule has 7 heteroatoms. The number of pyridine rings is 1. The van der Waals surface area contributed by atoms with Crippen molar-refractivity contribution in [1.29, 1.82) is 0 Å². The van der Waals surface area contributed by atoms with Gasteiger partial charge in [-0.3, -0.25) is 20.2 Å². The summed E-state index contributed by atoms with van der Waals surface area (Å²) in [6.45, 7) is 0. The van der Waals surface area contributed by atoms with Gasteiger partial charge < -0.3 is 5.73 Å². The standard InChI is InChI=1S/C14H11N5O2/c15-14-12(10-2-1-7-16-8-10)13(17-18-14)9-3-5-11(6-4-9)19(20)21/h1-8H,(H3,15,17,18). The zero-order valence-corrected chi connectivity index (χ0v) is 10.9. The van der Waals surface area contributed by atoms with Gasteiger partial charge in [0, 0.05) is 35.7 Å². The zero-order chi connectivity index (χ0) is 14.8. The van der Waals surface area contributed by atoms with Crippen molar-refractivity contribution < 1.29 is 4.92 Å². The van der Waals surface area contributed by atoms with E-state index in [1.54, 1.807) is 30.6 Å². The Hall–Kier alpha value is -3.22.